The van der Waals surface area contributed by atoms with Crippen molar-refractivity contribution in [2.45, 2.75) is 13.8 Å². The lowest BCUT2D eigenvalue weighted by Gasteiger charge is -1.98. The van der Waals surface area contributed by atoms with Gasteiger partial charge in [0, 0.05) is 12.4 Å². The maximum absolute atomic E-state index is 11.3. The van der Waals surface area contributed by atoms with Crippen molar-refractivity contribution in [1.29, 1.82) is 0 Å². The lowest BCUT2D eigenvalue weighted by molar-refractivity contribution is 0.0950. The largest absolute Gasteiger partial charge is 0.289 e. The maximum atomic E-state index is 11.3. The van der Waals surface area contributed by atoms with Gasteiger partial charge < -0.3 is 0 Å². The van der Waals surface area contributed by atoms with Crippen molar-refractivity contribution in [3.63, 3.8) is 0 Å². The van der Waals surface area contributed by atoms with E-state index in [-0.39, 0.29) is 5.91 Å². The molecule has 1 aromatic heterocycles. The Morgan fingerprint density at radius 1 is 1.57 bits per heavy atom. The van der Waals surface area contributed by atoms with E-state index in [0.717, 1.165) is 0 Å². The summed E-state index contributed by atoms with van der Waals surface area (Å²) in [5, 5.41) is 3.78. The van der Waals surface area contributed by atoms with Gasteiger partial charge in [-0.2, -0.15) is 5.10 Å². The lowest BCUT2D eigenvalue weighted by atomic mass is 10.3. The van der Waals surface area contributed by atoms with E-state index in [4.69, 9.17) is 0 Å². The van der Waals surface area contributed by atoms with Crippen molar-refractivity contribution < 1.29 is 4.79 Å². The summed E-state index contributed by atoms with van der Waals surface area (Å²) in [5.41, 5.74) is 2.77. The van der Waals surface area contributed by atoms with Crippen LogP contribution in [0, 0.1) is 5.92 Å². The first-order valence-corrected chi connectivity index (χ1v) is 4.44. The Balaban J connectivity index is 2.52. The molecule has 1 aromatic rings. The van der Waals surface area contributed by atoms with Crippen LogP contribution in [0.15, 0.2) is 29.5 Å². The molecule has 0 aromatic carbocycles. The van der Waals surface area contributed by atoms with Gasteiger partial charge in [-0.3, -0.25) is 9.78 Å². The Morgan fingerprint density at radius 2 is 2.36 bits per heavy atom. The summed E-state index contributed by atoms with van der Waals surface area (Å²) >= 11 is 0. The van der Waals surface area contributed by atoms with E-state index in [1.54, 1.807) is 30.6 Å². The summed E-state index contributed by atoms with van der Waals surface area (Å²) in [6.45, 7) is 3.97. The highest BCUT2D eigenvalue weighted by Crippen LogP contribution is 1.92. The Labute approximate surface area is 83.1 Å². The molecule has 0 radical (unpaired) electrons. The predicted molar refractivity (Wildman–Crippen MR) is 55.0 cm³/mol. The van der Waals surface area contributed by atoms with Gasteiger partial charge in [-0.1, -0.05) is 19.9 Å². The number of carbonyl (C=O) groups is 1. The van der Waals surface area contributed by atoms with Crippen LogP contribution in [-0.2, 0) is 0 Å². The van der Waals surface area contributed by atoms with Crippen LogP contribution in [0.2, 0.25) is 0 Å². The highest BCUT2D eigenvalue weighted by Gasteiger charge is 2.02. The second-order valence-corrected chi connectivity index (χ2v) is 3.18. The third-order valence-electron chi connectivity index (χ3n) is 1.44. The van der Waals surface area contributed by atoms with Gasteiger partial charge in [0.2, 0.25) is 0 Å². The molecule has 0 aliphatic heterocycles. The standard InChI is InChI=1S/C10H13N3O/c1-8(2)7-12-13-10(14)9-5-3-4-6-11-9/h3-8H,1-2H3,(H,13,14). The summed E-state index contributed by atoms with van der Waals surface area (Å²) < 4.78 is 0. The summed E-state index contributed by atoms with van der Waals surface area (Å²) in [4.78, 5) is 15.2. The van der Waals surface area contributed by atoms with Crippen LogP contribution in [0.1, 0.15) is 24.3 Å². The minimum Gasteiger partial charge on any atom is -0.266 e. The predicted octanol–water partition coefficient (Wildman–Crippen LogP) is 1.45. The van der Waals surface area contributed by atoms with Crippen molar-refractivity contribution in [2.24, 2.45) is 11.0 Å². The van der Waals surface area contributed by atoms with E-state index >= 15 is 0 Å². The number of rotatable bonds is 3. The average Bonchev–Trinajstić information content (AvgIpc) is 2.18. The Bertz CT molecular complexity index is 319. The minimum absolute atomic E-state index is 0.289. The summed E-state index contributed by atoms with van der Waals surface area (Å²) in [7, 11) is 0. The van der Waals surface area contributed by atoms with Crippen LogP contribution >= 0.6 is 0 Å². The Morgan fingerprint density at radius 3 is 2.93 bits per heavy atom. The fraction of sp³-hybridized carbons (Fsp3) is 0.300. The number of aromatic nitrogens is 1. The Kier molecular flexibility index (Phi) is 3.79. The molecule has 4 heteroatoms. The van der Waals surface area contributed by atoms with Crippen molar-refractivity contribution in [1.82, 2.24) is 10.4 Å². The van der Waals surface area contributed by atoms with Gasteiger partial charge in [-0.15, -0.1) is 0 Å². The zero-order valence-corrected chi connectivity index (χ0v) is 8.27. The number of nitrogens with one attached hydrogen (secondary N) is 1. The van der Waals surface area contributed by atoms with E-state index in [9.17, 15) is 4.79 Å². The molecular weight excluding hydrogens is 178 g/mol. The van der Waals surface area contributed by atoms with Gasteiger partial charge >= 0.3 is 0 Å². The molecular formula is C10H13N3O. The van der Waals surface area contributed by atoms with E-state index < -0.39 is 0 Å². The normalized spacial score (nSPS) is 10.8. The highest BCUT2D eigenvalue weighted by molar-refractivity contribution is 5.92. The van der Waals surface area contributed by atoms with Crippen molar-refractivity contribution in [3.05, 3.63) is 30.1 Å². The van der Waals surface area contributed by atoms with E-state index in [1.165, 1.54) is 0 Å². The Hall–Kier alpha value is -1.71. The molecule has 0 atom stereocenters. The molecule has 0 saturated carbocycles. The first kappa shape index (κ1) is 10.4. The molecule has 4 nitrogen and oxygen atoms in total. The molecule has 0 saturated heterocycles. The molecule has 74 valence electrons. The zero-order valence-electron chi connectivity index (χ0n) is 8.27. The van der Waals surface area contributed by atoms with Gasteiger partial charge in [-0.25, -0.2) is 5.43 Å². The topological polar surface area (TPSA) is 54.4 Å². The summed E-state index contributed by atoms with van der Waals surface area (Å²) in [6.07, 6.45) is 3.24. The van der Waals surface area contributed by atoms with E-state index in [0.29, 0.717) is 11.6 Å². The smallest absolute Gasteiger partial charge is 0.266 e. The lowest BCUT2D eigenvalue weighted by Crippen LogP contribution is -2.19. The molecule has 1 rings (SSSR count). The molecule has 1 amide bonds. The van der Waals surface area contributed by atoms with Crippen molar-refractivity contribution in [3.8, 4) is 0 Å². The fourth-order valence-electron chi connectivity index (χ4n) is 0.799. The first-order chi connectivity index (χ1) is 6.70. The van der Waals surface area contributed by atoms with Gasteiger partial charge in [0.25, 0.3) is 5.91 Å². The van der Waals surface area contributed by atoms with Crippen LogP contribution in [0.4, 0.5) is 0 Å². The van der Waals surface area contributed by atoms with E-state index in [2.05, 4.69) is 15.5 Å². The molecule has 14 heavy (non-hydrogen) atoms. The van der Waals surface area contributed by atoms with Crippen molar-refractivity contribution >= 4 is 12.1 Å². The third-order valence-corrected chi connectivity index (χ3v) is 1.44. The number of nitrogens with zero attached hydrogens (tertiary/aromatic N) is 2. The van der Waals surface area contributed by atoms with Crippen LogP contribution in [0.3, 0.4) is 0 Å². The first-order valence-electron chi connectivity index (χ1n) is 4.44. The summed E-state index contributed by atoms with van der Waals surface area (Å²) in [5.74, 6) is 0.0292. The molecule has 0 aliphatic rings. The van der Waals surface area contributed by atoms with Crippen LogP contribution in [0.5, 0.6) is 0 Å². The maximum Gasteiger partial charge on any atom is 0.289 e. The van der Waals surface area contributed by atoms with Gasteiger partial charge in [0.1, 0.15) is 5.69 Å². The molecule has 1 heterocycles. The molecule has 0 fully saturated rings. The van der Waals surface area contributed by atoms with E-state index in [1.807, 2.05) is 13.8 Å². The minimum atomic E-state index is -0.289. The van der Waals surface area contributed by atoms with Crippen molar-refractivity contribution in [2.75, 3.05) is 0 Å². The quantitative estimate of drug-likeness (QED) is 0.580. The van der Waals surface area contributed by atoms with Gasteiger partial charge in [-0.05, 0) is 18.1 Å². The number of amides is 1. The zero-order chi connectivity index (χ0) is 10.4. The number of hydrogen-bond acceptors (Lipinski definition) is 3. The SMILES string of the molecule is CC(C)C=NNC(=O)c1ccccn1. The number of carbonyl (C=O) groups excluding carboxylic acids is 1. The molecule has 0 spiro atoms. The molecule has 0 aliphatic carbocycles. The second-order valence-electron chi connectivity index (χ2n) is 3.18. The molecule has 1 N–H and O–H groups in total. The monoisotopic (exact) mass is 191 g/mol. The number of hydrazone groups is 1. The second kappa shape index (κ2) is 5.11. The van der Waals surface area contributed by atoms with Gasteiger partial charge in [0.15, 0.2) is 0 Å². The summed E-state index contributed by atoms with van der Waals surface area (Å²) in [6, 6.07) is 5.16. The third kappa shape index (κ3) is 3.35. The van der Waals surface area contributed by atoms with Crippen LogP contribution in [0.25, 0.3) is 0 Å². The van der Waals surface area contributed by atoms with Gasteiger partial charge in [0.05, 0.1) is 0 Å². The number of pyridine rings is 1. The number of hydrogen-bond donors (Lipinski definition) is 1. The van der Waals surface area contributed by atoms with Crippen LogP contribution < -0.4 is 5.43 Å². The fourth-order valence-corrected chi connectivity index (χ4v) is 0.799. The highest BCUT2D eigenvalue weighted by atomic mass is 16.2. The average molecular weight is 191 g/mol. The molecule has 0 unspecified atom stereocenters. The molecule has 0 bridgehead atoms. The van der Waals surface area contributed by atoms with Crippen LogP contribution in [-0.4, -0.2) is 17.1 Å².